The number of allylic oxidation sites excluding steroid dienone is 6. The first kappa shape index (κ1) is 7.61. The van der Waals surface area contributed by atoms with Crippen LogP contribution in [-0.4, -0.2) is 0 Å². The summed E-state index contributed by atoms with van der Waals surface area (Å²) in [5.74, 6) is 1.92. The lowest BCUT2D eigenvalue weighted by atomic mass is 9.92. The fraction of sp³-hybridized carbons (Fsp3) is 0.538. The lowest BCUT2D eigenvalue weighted by molar-refractivity contribution is 0.639. The van der Waals surface area contributed by atoms with Crippen molar-refractivity contribution in [1.82, 2.24) is 0 Å². The lowest BCUT2D eigenvalue weighted by Crippen LogP contribution is -1.98. The van der Waals surface area contributed by atoms with E-state index in [4.69, 9.17) is 0 Å². The summed E-state index contributed by atoms with van der Waals surface area (Å²) < 4.78 is 0. The van der Waals surface area contributed by atoms with E-state index in [1.165, 1.54) is 32.1 Å². The number of hydrogen-bond donors (Lipinski definition) is 0. The highest BCUT2D eigenvalue weighted by Gasteiger charge is 2.32. The van der Waals surface area contributed by atoms with Crippen molar-refractivity contribution in [3.8, 4) is 0 Å². The number of hydrogen-bond acceptors (Lipinski definition) is 0. The van der Waals surface area contributed by atoms with Crippen LogP contribution in [0.15, 0.2) is 35.5 Å². The summed E-state index contributed by atoms with van der Waals surface area (Å²) in [6, 6.07) is 0. The first-order chi connectivity index (χ1) is 6.42. The molecule has 3 aliphatic rings. The van der Waals surface area contributed by atoms with E-state index in [0.717, 1.165) is 11.8 Å². The van der Waals surface area contributed by atoms with Crippen LogP contribution in [-0.2, 0) is 0 Å². The van der Waals surface area contributed by atoms with Gasteiger partial charge in [0.05, 0.1) is 0 Å². The third kappa shape index (κ3) is 1.29. The molecule has 0 aromatic carbocycles. The van der Waals surface area contributed by atoms with Crippen molar-refractivity contribution >= 4 is 0 Å². The second-order valence-electron chi connectivity index (χ2n) is 4.65. The van der Waals surface area contributed by atoms with Gasteiger partial charge in [0.15, 0.2) is 0 Å². The molecule has 0 nitrogen and oxygen atoms in total. The smallest absolute Gasteiger partial charge is 0.00994 e. The van der Waals surface area contributed by atoms with Gasteiger partial charge in [-0.2, -0.15) is 0 Å². The molecule has 0 aromatic rings. The molecule has 2 atom stereocenters. The van der Waals surface area contributed by atoms with Crippen LogP contribution in [0, 0.1) is 11.8 Å². The molecule has 0 aliphatic heterocycles. The summed E-state index contributed by atoms with van der Waals surface area (Å²) in [6.45, 7) is 0. The molecule has 1 saturated carbocycles. The van der Waals surface area contributed by atoms with Crippen LogP contribution in [0.3, 0.4) is 0 Å². The van der Waals surface area contributed by atoms with E-state index >= 15 is 0 Å². The van der Waals surface area contributed by atoms with Gasteiger partial charge in [0.2, 0.25) is 0 Å². The Morgan fingerprint density at radius 2 is 2.31 bits per heavy atom. The number of fused-ring (bicyclic) bond motifs is 2. The van der Waals surface area contributed by atoms with Gasteiger partial charge in [-0.25, -0.2) is 0 Å². The van der Waals surface area contributed by atoms with Crippen molar-refractivity contribution in [2.24, 2.45) is 11.8 Å². The van der Waals surface area contributed by atoms with E-state index < -0.39 is 0 Å². The molecule has 68 valence electrons. The molecular formula is C13H16. The maximum absolute atomic E-state index is 2.56. The van der Waals surface area contributed by atoms with Crippen LogP contribution in [0.4, 0.5) is 0 Å². The zero-order valence-electron chi connectivity index (χ0n) is 8.00. The summed E-state index contributed by atoms with van der Waals surface area (Å²) in [5.41, 5.74) is 3.38. The molecule has 3 rings (SSSR count). The normalized spacial score (nSPS) is 35.4. The largest absolute Gasteiger partial charge is 0.0816 e. The van der Waals surface area contributed by atoms with Gasteiger partial charge in [0.25, 0.3) is 0 Å². The van der Waals surface area contributed by atoms with Crippen LogP contribution in [0.5, 0.6) is 0 Å². The summed E-state index contributed by atoms with van der Waals surface area (Å²) in [7, 11) is 0. The predicted octanol–water partition coefficient (Wildman–Crippen LogP) is 3.62. The molecule has 2 unspecified atom stereocenters. The van der Waals surface area contributed by atoms with Crippen LogP contribution in [0.25, 0.3) is 0 Å². The van der Waals surface area contributed by atoms with Gasteiger partial charge in [-0.15, -0.1) is 0 Å². The molecule has 1 fully saturated rings. The van der Waals surface area contributed by atoms with Gasteiger partial charge < -0.3 is 0 Å². The third-order valence-electron chi connectivity index (χ3n) is 3.73. The fourth-order valence-corrected chi connectivity index (χ4v) is 3.03. The summed E-state index contributed by atoms with van der Waals surface area (Å²) in [5, 5.41) is 0. The van der Waals surface area contributed by atoms with Gasteiger partial charge in [-0.3, -0.25) is 0 Å². The van der Waals surface area contributed by atoms with E-state index in [2.05, 4.69) is 24.3 Å². The van der Waals surface area contributed by atoms with Crippen molar-refractivity contribution in [3.63, 3.8) is 0 Å². The first-order valence-corrected chi connectivity index (χ1v) is 5.47. The molecule has 0 heterocycles. The highest BCUT2D eigenvalue weighted by molar-refractivity contribution is 5.31. The fourth-order valence-electron chi connectivity index (χ4n) is 3.03. The average molecular weight is 172 g/mol. The minimum absolute atomic E-state index is 0.954. The summed E-state index contributed by atoms with van der Waals surface area (Å²) in [4.78, 5) is 0. The molecule has 0 heteroatoms. The van der Waals surface area contributed by atoms with Crippen LogP contribution in [0.1, 0.15) is 32.1 Å². The molecule has 13 heavy (non-hydrogen) atoms. The van der Waals surface area contributed by atoms with Crippen molar-refractivity contribution in [2.45, 2.75) is 32.1 Å². The Hall–Kier alpha value is -0.780. The Morgan fingerprint density at radius 1 is 1.31 bits per heavy atom. The van der Waals surface area contributed by atoms with Gasteiger partial charge >= 0.3 is 0 Å². The zero-order chi connectivity index (χ0) is 8.67. The van der Waals surface area contributed by atoms with Gasteiger partial charge in [0.1, 0.15) is 0 Å². The third-order valence-corrected chi connectivity index (χ3v) is 3.73. The monoisotopic (exact) mass is 172 g/mol. The Kier molecular flexibility index (Phi) is 1.68. The number of rotatable bonds is 2. The van der Waals surface area contributed by atoms with Crippen LogP contribution in [0.2, 0.25) is 0 Å². The molecule has 0 saturated heterocycles. The van der Waals surface area contributed by atoms with E-state index in [1.54, 1.807) is 11.1 Å². The molecule has 0 N–H and O–H groups in total. The highest BCUT2D eigenvalue weighted by Crippen LogP contribution is 2.46. The molecule has 0 amide bonds. The predicted molar refractivity (Wildman–Crippen MR) is 55.4 cm³/mol. The first-order valence-electron chi connectivity index (χ1n) is 5.47. The van der Waals surface area contributed by atoms with Crippen molar-refractivity contribution < 1.29 is 0 Å². The second-order valence-corrected chi connectivity index (χ2v) is 4.65. The zero-order valence-corrected chi connectivity index (χ0v) is 8.00. The van der Waals surface area contributed by atoms with Crippen molar-refractivity contribution in [2.75, 3.05) is 0 Å². The second kappa shape index (κ2) is 2.87. The van der Waals surface area contributed by atoms with Gasteiger partial charge in [0, 0.05) is 0 Å². The van der Waals surface area contributed by atoms with Crippen molar-refractivity contribution in [1.29, 1.82) is 0 Å². The van der Waals surface area contributed by atoms with Gasteiger partial charge in [-0.1, -0.05) is 35.5 Å². The van der Waals surface area contributed by atoms with E-state index in [9.17, 15) is 0 Å². The lowest BCUT2D eigenvalue weighted by Gasteiger charge is -2.13. The van der Waals surface area contributed by atoms with Gasteiger partial charge in [-0.05, 0) is 43.9 Å². The summed E-state index contributed by atoms with van der Waals surface area (Å²) >= 11 is 0. The average Bonchev–Trinajstić information content (AvgIpc) is 2.77. The Morgan fingerprint density at radius 3 is 2.92 bits per heavy atom. The molecular weight excluding hydrogens is 156 g/mol. The minimum Gasteiger partial charge on any atom is -0.0816 e. The molecule has 2 bridgehead atoms. The van der Waals surface area contributed by atoms with Crippen LogP contribution < -0.4 is 0 Å². The molecule has 0 radical (unpaired) electrons. The maximum Gasteiger partial charge on any atom is -0.00994 e. The summed E-state index contributed by atoms with van der Waals surface area (Å²) in [6.07, 6.45) is 16.2. The molecule has 0 aromatic heterocycles. The van der Waals surface area contributed by atoms with Crippen molar-refractivity contribution in [3.05, 3.63) is 35.5 Å². The Balaban J connectivity index is 1.70. The quantitative estimate of drug-likeness (QED) is 0.558. The molecule has 0 spiro atoms. The van der Waals surface area contributed by atoms with E-state index in [1.807, 2.05) is 0 Å². The highest BCUT2D eigenvalue weighted by atomic mass is 14.4. The molecule has 3 aliphatic carbocycles. The Bertz CT molecular complexity index is 304. The van der Waals surface area contributed by atoms with E-state index in [0.29, 0.717) is 0 Å². The van der Waals surface area contributed by atoms with Crippen LogP contribution >= 0.6 is 0 Å². The van der Waals surface area contributed by atoms with E-state index in [-0.39, 0.29) is 0 Å². The standard InChI is InChI=1S/C13H16/c1-2-4-10(3-1)7-13-9-11-5-6-12(13)8-11/h1-3,9,11-12H,4-8H2. The topological polar surface area (TPSA) is 0 Å². The Labute approximate surface area is 80.0 Å². The maximum atomic E-state index is 2.56. The SMILES string of the molecule is C1=CCC(CC2=CC3CCC2C3)=C1. The minimum atomic E-state index is 0.954.